The zero-order chi connectivity index (χ0) is 14.4. The summed E-state index contributed by atoms with van der Waals surface area (Å²) in [5.74, 6) is 0.494. The van der Waals surface area contributed by atoms with Gasteiger partial charge in [-0.05, 0) is 19.9 Å². The van der Waals surface area contributed by atoms with Gasteiger partial charge in [-0.3, -0.25) is 0 Å². The molecule has 110 valence electrons. The second-order valence-electron chi connectivity index (χ2n) is 6.03. The van der Waals surface area contributed by atoms with E-state index in [1.54, 1.807) is 0 Å². The smallest absolute Gasteiger partial charge is 0.0806 e. The van der Waals surface area contributed by atoms with Gasteiger partial charge >= 0.3 is 0 Å². The first-order valence-electron chi connectivity index (χ1n) is 7.91. The van der Waals surface area contributed by atoms with E-state index in [0.29, 0.717) is 12.0 Å². The Bertz CT molecular complexity index is 713. The van der Waals surface area contributed by atoms with Crippen molar-refractivity contribution in [1.29, 1.82) is 0 Å². The minimum absolute atomic E-state index is 0.311. The SMILES string of the molecule is CCn1c(C)c(C2NN=C3CCNCC32)c2ccccc21. The maximum absolute atomic E-state index is 4.62. The van der Waals surface area contributed by atoms with Gasteiger partial charge in [0.05, 0.1) is 6.04 Å². The van der Waals surface area contributed by atoms with Crippen LogP contribution in [0.25, 0.3) is 10.9 Å². The van der Waals surface area contributed by atoms with Crippen molar-refractivity contribution in [1.82, 2.24) is 15.3 Å². The summed E-state index contributed by atoms with van der Waals surface area (Å²) < 4.78 is 2.42. The van der Waals surface area contributed by atoms with Gasteiger partial charge in [0, 0.05) is 59.8 Å². The van der Waals surface area contributed by atoms with E-state index in [4.69, 9.17) is 0 Å². The molecule has 4 rings (SSSR count). The summed E-state index contributed by atoms with van der Waals surface area (Å²) in [6.45, 7) is 7.56. The van der Waals surface area contributed by atoms with Gasteiger partial charge in [-0.15, -0.1) is 0 Å². The fraction of sp³-hybridized carbons (Fsp3) is 0.471. The second kappa shape index (κ2) is 4.88. The Kier molecular flexibility index (Phi) is 3.00. The fourth-order valence-corrected chi connectivity index (χ4v) is 3.99. The maximum atomic E-state index is 4.62. The highest BCUT2D eigenvalue weighted by molar-refractivity contribution is 5.92. The van der Waals surface area contributed by atoms with Gasteiger partial charge in [-0.2, -0.15) is 5.10 Å². The number of nitrogens with zero attached hydrogens (tertiary/aromatic N) is 2. The largest absolute Gasteiger partial charge is 0.345 e. The molecule has 2 unspecified atom stereocenters. The van der Waals surface area contributed by atoms with Crippen LogP contribution >= 0.6 is 0 Å². The van der Waals surface area contributed by atoms with Gasteiger partial charge in [0.15, 0.2) is 0 Å². The molecule has 0 spiro atoms. The van der Waals surface area contributed by atoms with E-state index in [1.165, 1.54) is 27.9 Å². The van der Waals surface area contributed by atoms with Crippen molar-refractivity contribution < 1.29 is 0 Å². The van der Waals surface area contributed by atoms with Gasteiger partial charge in [0.1, 0.15) is 0 Å². The summed E-state index contributed by atoms with van der Waals surface area (Å²) in [7, 11) is 0. The average molecular weight is 282 g/mol. The third kappa shape index (κ3) is 1.82. The molecule has 3 heterocycles. The number of piperidine rings is 1. The van der Waals surface area contributed by atoms with Crippen molar-refractivity contribution in [3.8, 4) is 0 Å². The van der Waals surface area contributed by atoms with Crippen LogP contribution in [-0.4, -0.2) is 23.4 Å². The highest BCUT2D eigenvalue weighted by Gasteiger charge is 2.36. The molecule has 0 radical (unpaired) electrons. The van der Waals surface area contributed by atoms with Crippen LogP contribution < -0.4 is 10.7 Å². The standard InChI is InChI=1S/C17H22N4/c1-3-21-11(2)16(12-6-4-5-7-15(12)21)17-13-10-18-9-8-14(13)19-20-17/h4-7,13,17-18,20H,3,8-10H2,1-2H3. The molecule has 0 aliphatic carbocycles. The van der Waals surface area contributed by atoms with Crippen LogP contribution in [0.5, 0.6) is 0 Å². The molecule has 1 fully saturated rings. The van der Waals surface area contributed by atoms with E-state index in [2.05, 4.69) is 58.5 Å². The lowest BCUT2D eigenvalue weighted by atomic mass is 9.86. The number of benzene rings is 1. The van der Waals surface area contributed by atoms with Crippen LogP contribution in [0.1, 0.15) is 30.6 Å². The van der Waals surface area contributed by atoms with E-state index in [0.717, 1.165) is 26.1 Å². The fourth-order valence-electron chi connectivity index (χ4n) is 3.99. The van der Waals surface area contributed by atoms with Crippen molar-refractivity contribution >= 4 is 16.6 Å². The third-order valence-corrected chi connectivity index (χ3v) is 5.01. The predicted octanol–water partition coefficient (Wildman–Crippen LogP) is 2.58. The zero-order valence-electron chi connectivity index (χ0n) is 12.7. The summed E-state index contributed by atoms with van der Waals surface area (Å²) in [5.41, 5.74) is 8.90. The number of hydrogen-bond acceptors (Lipinski definition) is 3. The first kappa shape index (κ1) is 12.9. The molecule has 4 heteroatoms. The van der Waals surface area contributed by atoms with E-state index in [-0.39, 0.29) is 0 Å². The Morgan fingerprint density at radius 3 is 3.05 bits per heavy atom. The summed E-state index contributed by atoms with van der Waals surface area (Å²) >= 11 is 0. The number of fused-ring (bicyclic) bond motifs is 2. The van der Waals surface area contributed by atoms with Crippen molar-refractivity contribution in [3.05, 3.63) is 35.5 Å². The van der Waals surface area contributed by atoms with Crippen molar-refractivity contribution in [2.45, 2.75) is 32.9 Å². The van der Waals surface area contributed by atoms with Gasteiger partial charge in [-0.1, -0.05) is 18.2 Å². The van der Waals surface area contributed by atoms with E-state index in [1.807, 2.05) is 0 Å². The molecule has 2 aliphatic rings. The Morgan fingerprint density at radius 2 is 2.19 bits per heavy atom. The average Bonchev–Trinajstić information content (AvgIpc) is 3.05. The molecule has 1 aromatic heterocycles. The summed E-state index contributed by atoms with van der Waals surface area (Å²) in [5, 5.41) is 9.50. The number of hydrazone groups is 1. The number of aromatic nitrogens is 1. The van der Waals surface area contributed by atoms with E-state index in [9.17, 15) is 0 Å². The molecular weight excluding hydrogens is 260 g/mol. The normalized spacial score (nSPS) is 24.8. The molecule has 0 saturated carbocycles. The number of rotatable bonds is 2. The molecule has 2 aromatic rings. The van der Waals surface area contributed by atoms with Crippen LogP contribution in [0.15, 0.2) is 29.4 Å². The van der Waals surface area contributed by atoms with Crippen molar-refractivity contribution in [3.63, 3.8) is 0 Å². The Hall–Kier alpha value is -1.81. The summed E-state index contributed by atoms with van der Waals surface area (Å²) in [6, 6.07) is 9.06. The monoisotopic (exact) mass is 282 g/mol. The molecule has 1 aromatic carbocycles. The molecule has 0 bridgehead atoms. The minimum Gasteiger partial charge on any atom is -0.345 e. The molecule has 1 saturated heterocycles. The lowest BCUT2D eigenvalue weighted by Gasteiger charge is -2.25. The lowest BCUT2D eigenvalue weighted by Crippen LogP contribution is -2.38. The molecule has 4 nitrogen and oxygen atoms in total. The van der Waals surface area contributed by atoms with Gasteiger partial charge < -0.3 is 15.3 Å². The lowest BCUT2D eigenvalue weighted by molar-refractivity contribution is 0.450. The van der Waals surface area contributed by atoms with Crippen LogP contribution in [-0.2, 0) is 6.54 Å². The summed E-state index contributed by atoms with van der Waals surface area (Å²) in [6.07, 6.45) is 1.07. The summed E-state index contributed by atoms with van der Waals surface area (Å²) in [4.78, 5) is 0. The highest BCUT2D eigenvalue weighted by atomic mass is 15.3. The van der Waals surface area contributed by atoms with E-state index < -0.39 is 0 Å². The predicted molar refractivity (Wildman–Crippen MR) is 86.6 cm³/mol. The maximum Gasteiger partial charge on any atom is 0.0806 e. The number of nitrogens with one attached hydrogen (secondary N) is 2. The topological polar surface area (TPSA) is 41.4 Å². The minimum atomic E-state index is 0.311. The zero-order valence-corrected chi connectivity index (χ0v) is 12.7. The van der Waals surface area contributed by atoms with Crippen LogP contribution in [0, 0.1) is 12.8 Å². The van der Waals surface area contributed by atoms with Gasteiger partial charge in [0.25, 0.3) is 0 Å². The van der Waals surface area contributed by atoms with Crippen LogP contribution in [0.3, 0.4) is 0 Å². The quantitative estimate of drug-likeness (QED) is 0.889. The number of hydrogen-bond donors (Lipinski definition) is 2. The van der Waals surface area contributed by atoms with Gasteiger partial charge in [-0.25, -0.2) is 0 Å². The first-order valence-corrected chi connectivity index (χ1v) is 7.91. The molecule has 21 heavy (non-hydrogen) atoms. The van der Waals surface area contributed by atoms with Crippen molar-refractivity contribution in [2.24, 2.45) is 11.0 Å². The number of aryl methyl sites for hydroxylation is 1. The molecule has 2 atom stereocenters. The van der Waals surface area contributed by atoms with Crippen molar-refractivity contribution in [2.75, 3.05) is 13.1 Å². The first-order chi connectivity index (χ1) is 10.3. The molecule has 2 aliphatic heterocycles. The van der Waals surface area contributed by atoms with E-state index >= 15 is 0 Å². The van der Waals surface area contributed by atoms with Crippen LogP contribution in [0.2, 0.25) is 0 Å². The number of para-hydroxylation sites is 1. The third-order valence-electron chi connectivity index (χ3n) is 5.01. The molecule has 2 N–H and O–H groups in total. The van der Waals surface area contributed by atoms with Gasteiger partial charge in [0.2, 0.25) is 0 Å². The Labute approximate surface area is 125 Å². The molecule has 0 amide bonds. The van der Waals surface area contributed by atoms with Crippen LogP contribution in [0.4, 0.5) is 0 Å². The highest BCUT2D eigenvalue weighted by Crippen LogP contribution is 2.37. The Balaban J connectivity index is 1.86. The second-order valence-corrected chi connectivity index (χ2v) is 6.03. The molecular formula is C17H22N4. The Morgan fingerprint density at radius 1 is 1.33 bits per heavy atom.